The molecule has 1 heterocycles. The van der Waals surface area contributed by atoms with Gasteiger partial charge in [0.25, 0.3) is 0 Å². The molecule has 0 spiro atoms. The van der Waals surface area contributed by atoms with Gasteiger partial charge in [-0.2, -0.15) is 0 Å². The Morgan fingerprint density at radius 1 is 1.22 bits per heavy atom. The van der Waals surface area contributed by atoms with Crippen molar-refractivity contribution < 1.29 is 15.0 Å². The quantitative estimate of drug-likeness (QED) is 0.884. The first-order chi connectivity index (χ1) is 11.1. The summed E-state index contributed by atoms with van der Waals surface area (Å²) in [6.45, 7) is 0. The summed E-state index contributed by atoms with van der Waals surface area (Å²) >= 11 is 0. The van der Waals surface area contributed by atoms with E-state index in [-0.39, 0.29) is 0 Å². The van der Waals surface area contributed by atoms with Gasteiger partial charge in [0.15, 0.2) is 6.04 Å². The van der Waals surface area contributed by atoms with Crippen LogP contribution in [0.1, 0.15) is 49.4 Å². The molecule has 23 heavy (non-hydrogen) atoms. The van der Waals surface area contributed by atoms with Crippen LogP contribution >= 0.6 is 0 Å². The molecule has 1 aliphatic carbocycles. The summed E-state index contributed by atoms with van der Waals surface area (Å²) in [5.41, 5.74) is 0.441. The molecule has 1 aromatic carbocycles. The molecular weight excluding hydrogens is 294 g/mol. The SMILES string of the molecule is O=C(O)[C@H](Cc1ccccc1)n1cc(C2(O)CCCCC2)nn1. The molecule has 6 nitrogen and oxygen atoms in total. The minimum Gasteiger partial charge on any atom is -0.480 e. The number of hydrogen-bond donors (Lipinski definition) is 2. The van der Waals surface area contributed by atoms with Gasteiger partial charge in [-0.3, -0.25) is 0 Å². The molecule has 1 aliphatic rings. The summed E-state index contributed by atoms with van der Waals surface area (Å²) in [5, 5.41) is 28.3. The van der Waals surface area contributed by atoms with E-state index >= 15 is 0 Å². The van der Waals surface area contributed by atoms with Crippen LogP contribution in [0.2, 0.25) is 0 Å². The average Bonchev–Trinajstić information content (AvgIpc) is 3.04. The highest BCUT2D eigenvalue weighted by Gasteiger charge is 2.35. The lowest BCUT2D eigenvalue weighted by Crippen LogP contribution is -2.29. The summed E-state index contributed by atoms with van der Waals surface area (Å²) in [6.07, 6.45) is 6.25. The topological polar surface area (TPSA) is 88.2 Å². The zero-order chi connectivity index (χ0) is 16.3. The Hall–Kier alpha value is -2.21. The van der Waals surface area contributed by atoms with E-state index in [1.165, 1.54) is 4.68 Å². The Morgan fingerprint density at radius 3 is 2.57 bits per heavy atom. The van der Waals surface area contributed by atoms with Crippen LogP contribution in [-0.2, 0) is 16.8 Å². The maximum Gasteiger partial charge on any atom is 0.328 e. The Kier molecular flexibility index (Phi) is 4.43. The van der Waals surface area contributed by atoms with Crippen molar-refractivity contribution >= 4 is 5.97 Å². The fourth-order valence-corrected chi connectivity index (χ4v) is 3.17. The molecule has 0 bridgehead atoms. The van der Waals surface area contributed by atoms with Gasteiger partial charge >= 0.3 is 5.97 Å². The third-order valence-corrected chi connectivity index (χ3v) is 4.54. The van der Waals surface area contributed by atoms with Gasteiger partial charge in [-0.05, 0) is 18.4 Å². The number of carbonyl (C=O) groups is 1. The Morgan fingerprint density at radius 2 is 1.91 bits per heavy atom. The molecule has 0 unspecified atom stereocenters. The van der Waals surface area contributed by atoms with E-state index in [0.717, 1.165) is 24.8 Å². The van der Waals surface area contributed by atoms with Crippen molar-refractivity contribution in [2.45, 2.75) is 50.2 Å². The van der Waals surface area contributed by atoms with Gasteiger partial charge in [-0.15, -0.1) is 5.10 Å². The highest BCUT2D eigenvalue weighted by molar-refractivity contribution is 5.72. The largest absolute Gasteiger partial charge is 0.480 e. The molecule has 1 atom stereocenters. The first-order valence-corrected chi connectivity index (χ1v) is 8.00. The van der Waals surface area contributed by atoms with E-state index in [0.29, 0.717) is 25.0 Å². The molecule has 2 N–H and O–H groups in total. The Bertz CT molecular complexity index is 663. The van der Waals surface area contributed by atoms with Crippen molar-refractivity contribution in [3.63, 3.8) is 0 Å². The van der Waals surface area contributed by atoms with Gasteiger partial charge in [-0.25, -0.2) is 9.48 Å². The van der Waals surface area contributed by atoms with Crippen LogP contribution in [0.25, 0.3) is 0 Å². The second-order valence-corrected chi connectivity index (χ2v) is 6.22. The van der Waals surface area contributed by atoms with Crippen LogP contribution in [0.5, 0.6) is 0 Å². The van der Waals surface area contributed by atoms with Crippen LogP contribution < -0.4 is 0 Å². The zero-order valence-electron chi connectivity index (χ0n) is 12.9. The maximum atomic E-state index is 11.6. The summed E-state index contributed by atoms with van der Waals surface area (Å²) < 4.78 is 1.36. The number of nitrogens with zero attached hydrogens (tertiary/aromatic N) is 3. The smallest absolute Gasteiger partial charge is 0.328 e. The van der Waals surface area contributed by atoms with E-state index in [2.05, 4.69) is 10.3 Å². The minimum atomic E-state index is -0.966. The van der Waals surface area contributed by atoms with Crippen LogP contribution in [-0.4, -0.2) is 31.2 Å². The lowest BCUT2D eigenvalue weighted by Gasteiger charge is -2.29. The van der Waals surface area contributed by atoms with E-state index in [1.807, 2.05) is 30.3 Å². The molecule has 0 amide bonds. The van der Waals surface area contributed by atoms with Crippen molar-refractivity contribution in [1.29, 1.82) is 0 Å². The Labute approximate surface area is 134 Å². The summed E-state index contributed by atoms with van der Waals surface area (Å²) in [6, 6.07) is 8.61. The van der Waals surface area contributed by atoms with E-state index < -0.39 is 17.6 Å². The summed E-state index contributed by atoms with van der Waals surface area (Å²) in [7, 11) is 0. The van der Waals surface area contributed by atoms with Crippen molar-refractivity contribution in [3.05, 3.63) is 47.8 Å². The normalized spacial score (nSPS) is 18.5. The predicted octanol–water partition coefficient (Wildman–Crippen LogP) is 2.30. The van der Waals surface area contributed by atoms with Gasteiger partial charge in [0, 0.05) is 6.42 Å². The van der Waals surface area contributed by atoms with E-state index in [1.54, 1.807) is 6.20 Å². The highest BCUT2D eigenvalue weighted by atomic mass is 16.4. The van der Waals surface area contributed by atoms with Crippen molar-refractivity contribution in [2.75, 3.05) is 0 Å². The molecule has 2 aromatic rings. The first-order valence-electron chi connectivity index (χ1n) is 8.00. The third-order valence-electron chi connectivity index (χ3n) is 4.54. The van der Waals surface area contributed by atoms with Crippen LogP contribution in [0, 0.1) is 0 Å². The van der Waals surface area contributed by atoms with Crippen molar-refractivity contribution in [3.8, 4) is 0 Å². The van der Waals surface area contributed by atoms with Crippen LogP contribution in [0.15, 0.2) is 36.5 Å². The molecule has 0 aliphatic heterocycles. The number of aromatic nitrogens is 3. The number of carboxylic acids is 1. The molecular formula is C17H21N3O3. The van der Waals surface area contributed by atoms with Crippen molar-refractivity contribution in [2.24, 2.45) is 0 Å². The number of rotatable bonds is 5. The highest BCUT2D eigenvalue weighted by Crippen LogP contribution is 2.35. The lowest BCUT2D eigenvalue weighted by molar-refractivity contribution is -0.141. The molecule has 0 saturated heterocycles. The monoisotopic (exact) mass is 315 g/mol. The lowest BCUT2D eigenvalue weighted by atomic mass is 9.83. The fourth-order valence-electron chi connectivity index (χ4n) is 3.17. The average molecular weight is 315 g/mol. The molecule has 6 heteroatoms. The van der Waals surface area contributed by atoms with Gasteiger partial charge in [0.2, 0.25) is 0 Å². The second kappa shape index (κ2) is 6.50. The second-order valence-electron chi connectivity index (χ2n) is 6.22. The summed E-state index contributed by atoms with van der Waals surface area (Å²) in [5.74, 6) is -0.957. The summed E-state index contributed by atoms with van der Waals surface area (Å²) in [4.78, 5) is 11.6. The number of benzene rings is 1. The van der Waals surface area contributed by atoms with Gasteiger partial charge in [0.1, 0.15) is 11.3 Å². The van der Waals surface area contributed by atoms with Crippen LogP contribution in [0.3, 0.4) is 0 Å². The van der Waals surface area contributed by atoms with E-state index in [9.17, 15) is 15.0 Å². The number of carboxylic acid groups (broad SMARTS) is 1. The number of hydrogen-bond acceptors (Lipinski definition) is 4. The molecule has 1 aromatic heterocycles. The first kappa shape index (κ1) is 15.7. The Balaban J connectivity index is 1.82. The predicted molar refractivity (Wildman–Crippen MR) is 83.8 cm³/mol. The molecule has 1 saturated carbocycles. The number of aliphatic hydroxyl groups is 1. The zero-order valence-corrected chi connectivity index (χ0v) is 12.9. The molecule has 3 rings (SSSR count). The minimum absolute atomic E-state index is 0.331. The number of aliphatic carboxylic acids is 1. The fraction of sp³-hybridized carbons (Fsp3) is 0.471. The van der Waals surface area contributed by atoms with E-state index in [4.69, 9.17) is 0 Å². The standard InChI is InChI=1S/C17H21N3O3/c21-16(22)14(11-13-7-3-1-4-8-13)20-12-15(18-19-20)17(23)9-5-2-6-10-17/h1,3-4,7-8,12,14,23H,2,5-6,9-11H2,(H,21,22)/t14-/m0/s1. The molecule has 1 fully saturated rings. The van der Waals surface area contributed by atoms with Gasteiger partial charge in [-0.1, -0.05) is 54.8 Å². The maximum absolute atomic E-state index is 11.6. The third kappa shape index (κ3) is 3.42. The van der Waals surface area contributed by atoms with Crippen LogP contribution in [0.4, 0.5) is 0 Å². The van der Waals surface area contributed by atoms with Gasteiger partial charge < -0.3 is 10.2 Å². The van der Waals surface area contributed by atoms with Crippen molar-refractivity contribution in [1.82, 2.24) is 15.0 Å². The molecule has 0 radical (unpaired) electrons. The molecule has 122 valence electrons. The van der Waals surface area contributed by atoms with Gasteiger partial charge in [0.05, 0.1) is 6.20 Å².